The second-order valence-electron chi connectivity index (χ2n) is 6.66. The van der Waals surface area contributed by atoms with Crippen LogP contribution in [0.1, 0.15) is 24.6 Å². The average molecular weight is 385 g/mol. The van der Waals surface area contributed by atoms with Gasteiger partial charge < -0.3 is 15.5 Å². The maximum atomic E-state index is 12.5. The van der Waals surface area contributed by atoms with Crippen LogP contribution in [0.5, 0.6) is 0 Å². The Morgan fingerprint density at radius 3 is 2.22 bits per heavy atom. The van der Waals surface area contributed by atoms with E-state index in [-0.39, 0.29) is 23.6 Å². The van der Waals surface area contributed by atoms with Crippen molar-refractivity contribution in [1.29, 1.82) is 0 Å². The van der Waals surface area contributed by atoms with Gasteiger partial charge in [-0.1, -0.05) is 6.07 Å². The lowest BCUT2D eigenvalue weighted by molar-refractivity contribution is -0.133. The van der Waals surface area contributed by atoms with Crippen LogP contribution in [0.4, 0.5) is 11.4 Å². The Hall–Kier alpha value is -2.67. The lowest BCUT2D eigenvalue weighted by atomic mass is 9.95. The van der Waals surface area contributed by atoms with Crippen molar-refractivity contribution in [2.45, 2.75) is 26.2 Å². The molecule has 2 aromatic rings. The normalized spacial score (nSPS) is 14.6. The maximum Gasteiger partial charge on any atom is 0.227 e. The van der Waals surface area contributed by atoms with Gasteiger partial charge in [0.25, 0.3) is 0 Å². The van der Waals surface area contributed by atoms with Gasteiger partial charge in [-0.05, 0) is 48.6 Å². The Morgan fingerprint density at radius 2 is 1.67 bits per heavy atom. The topological polar surface area (TPSA) is 78.5 Å². The molecule has 0 bridgehead atoms. The van der Waals surface area contributed by atoms with Gasteiger partial charge in [-0.2, -0.15) is 0 Å². The molecule has 0 radical (unpaired) electrons. The molecular formula is C20H23N3O3S. The van der Waals surface area contributed by atoms with E-state index >= 15 is 0 Å². The van der Waals surface area contributed by atoms with Gasteiger partial charge >= 0.3 is 0 Å². The van der Waals surface area contributed by atoms with Gasteiger partial charge in [0.1, 0.15) is 0 Å². The molecule has 1 aromatic carbocycles. The summed E-state index contributed by atoms with van der Waals surface area (Å²) in [6, 6.07) is 11.0. The summed E-state index contributed by atoms with van der Waals surface area (Å²) in [4.78, 5) is 38.8. The standard InChI is InChI=1S/C20H23N3O3S/c1-14(24)21-16-4-6-17(7-5-16)22-20(26)15-8-10-23(11-9-15)19(25)13-18-3-2-12-27-18/h2-7,12,15H,8-11,13H2,1H3,(H,21,24)(H,22,26). The SMILES string of the molecule is CC(=O)Nc1ccc(NC(=O)C2CCN(C(=O)Cc3cccs3)CC2)cc1. The van der Waals surface area contributed by atoms with Crippen LogP contribution in [0.15, 0.2) is 41.8 Å². The van der Waals surface area contributed by atoms with Crippen LogP contribution in [0.3, 0.4) is 0 Å². The number of benzene rings is 1. The van der Waals surface area contributed by atoms with E-state index in [1.807, 2.05) is 22.4 Å². The van der Waals surface area contributed by atoms with Gasteiger partial charge in [-0.15, -0.1) is 11.3 Å². The molecule has 2 heterocycles. The van der Waals surface area contributed by atoms with Crippen LogP contribution >= 0.6 is 11.3 Å². The van der Waals surface area contributed by atoms with E-state index in [0.29, 0.717) is 43.7 Å². The minimum Gasteiger partial charge on any atom is -0.342 e. The summed E-state index contributed by atoms with van der Waals surface area (Å²) in [7, 11) is 0. The number of anilines is 2. The van der Waals surface area contributed by atoms with Crippen LogP contribution in [-0.2, 0) is 20.8 Å². The number of hydrogen-bond acceptors (Lipinski definition) is 4. The Labute approximate surface area is 162 Å². The third-order valence-electron chi connectivity index (χ3n) is 4.60. The van der Waals surface area contributed by atoms with E-state index in [2.05, 4.69) is 10.6 Å². The summed E-state index contributed by atoms with van der Waals surface area (Å²) in [6.45, 7) is 2.68. The number of nitrogens with zero attached hydrogens (tertiary/aromatic N) is 1. The Morgan fingerprint density at radius 1 is 1.04 bits per heavy atom. The molecule has 1 saturated heterocycles. The lowest BCUT2D eigenvalue weighted by Crippen LogP contribution is -2.42. The van der Waals surface area contributed by atoms with Crippen LogP contribution in [0.2, 0.25) is 0 Å². The minimum atomic E-state index is -0.132. The number of nitrogens with one attached hydrogen (secondary N) is 2. The van der Waals surface area contributed by atoms with E-state index in [1.54, 1.807) is 35.6 Å². The quantitative estimate of drug-likeness (QED) is 0.830. The number of hydrogen-bond donors (Lipinski definition) is 2. The molecule has 1 fully saturated rings. The molecule has 6 nitrogen and oxygen atoms in total. The summed E-state index contributed by atoms with van der Waals surface area (Å²) in [6.07, 6.45) is 1.78. The molecule has 27 heavy (non-hydrogen) atoms. The molecule has 3 amide bonds. The molecule has 3 rings (SSSR count). The van der Waals surface area contributed by atoms with Gasteiger partial charge in [-0.25, -0.2) is 0 Å². The lowest BCUT2D eigenvalue weighted by Gasteiger charge is -2.31. The molecule has 2 N–H and O–H groups in total. The van der Waals surface area contributed by atoms with Crippen molar-refractivity contribution in [1.82, 2.24) is 4.90 Å². The molecule has 1 aliphatic rings. The maximum absolute atomic E-state index is 12.5. The number of carbonyl (C=O) groups is 3. The molecule has 7 heteroatoms. The highest BCUT2D eigenvalue weighted by Gasteiger charge is 2.27. The van der Waals surface area contributed by atoms with Crippen molar-refractivity contribution in [2.75, 3.05) is 23.7 Å². The highest BCUT2D eigenvalue weighted by atomic mass is 32.1. The first kappa shape index (κ1) is 19.1. The summed E-state index contributed by atoms with van der Waals surface area (Å²) in [5.74, 6) is -0.115. The first-order chi connectivity index (χ1) is 13.0. The van der Waals surface area contributed by atoms with Crippen molar-refractivity contribution in [3.05, 3.63) is 46.7 Å². The molecule has 0 saturated carbocycles. The van der Waals surface area contributed by atoms with Crippen molar-refractivity contribution in [3.63, 3.8) is 0 Å². The molecule has 0 atom stereocenters. The number of thiophene rings is 1. The Balaban J connectivity index is 1.46. The minimum absolute atomic E-state index is 0.0207. The van der Waals surface area contributed by atoms with Gasteiger partial charge in [-0.3, -0.25) is 14.4 Å². The summed E-state index contributed by atoms with van der Waals surface area (Å²) in [5.41, 5.74) is 1.39. The van der Waals surface area contributed by atoms with Crippen LogP contribution in [0, 0.1) is 5.92 Å². The van der Waals surface area contributed by atoms with Crippen molar-refractivity contribution < 1.29 is 14.4 Å². The zero-order valence-electron chi connectivity index (χ0n) is 15.2. The highest BCUT2D eigenvalue weighted by Crippen LogP contribution is 2.21. The number of rotatable bonds is 5. The molecule has 0 unspecified atom stereocenters. The summed E-state index contributed by atoms with van der Waals surface area (Å²) >= 11 is 1.59. The van der Waals surface area contributed by atoms with Gasteiger partial charge in [0.05, 0.1) is 6.42 Å². The predicted octanol–water partition coefficient (Wildman–Crippen LogP) is 3.13. The fourth-order valence-corrected chi connectivity index (χ4v) is 3.85. The summed E-state index contributed by atoms with van der Waals surface area (Å²) in [5, 5.41) is 7.58. The van der Waals surface area contributed by atoms with Crippen LogP contribution in [-0.4, -0.2) is 35.7 Å². The van der Waals surface area contributed by atoms with Crippen LogP contribution in [0.25, 0.3) is 0 Å². The van der Waals surface area contributed by atoms with E-state index in [1.165, 1.54) is 6.92 Å². The monoisotopic (exact) mass is 385 g/mol. The second-order valence-corrected chi connectivity index (χ2v) is 7.69. The zero-order valence-corrected chi connectivity index (χ0v) is 16.1. The second kappa shape index (κ2) is 8.81. The van der Waals surface area contributed by atoms with Gasteiger partial charge in [0.15, 0.2) is 0 Å². The fraction of sp³-hybridized carbons (Fsp3) is 0.350. The molecule has 1 aromatic heterocycles. The number of likely N-dealkylation sites (tertiary alicyclic amines) is 1. The van der Waals surface area contributed by atoms with Crippen LogP contribution < -0.4 is 10.6 Å². The first-order valence-electron chi connectivity index (χ1n) is 9.00. The fourth-order valence-electron chi connectivity index (χ4n) is 3.15. The first-order valence-corrected chi connectivity index (χ1v) is 9.88. The van der Waals surface area contributed by atoms with E-state index in [0.717, 1.165) is 4.88 Å². The number of amides is 3. The largest absolute Gasteiger partial charge is 0.342 e. The molecule has 142 valence electrons. The third-order valence-corrected chi connectivity index (χ3v) is 5.47. The highest BCUT2D eigenvalue weighted by molar-refractivity contribution is 7.10. The Kier molecular flexibility index (Phi) is 6.24. The van der Waals surface area contributed by atoms with Gasteiger partial charge in [0, 0.05) is 42.2 Å². The molecular weight excluding hydrogens is 362 g/mol. The molecule has 0 spiro atoms. The molecule has 0 aliphatic carbocycles. The van der Waals surface area contributed by atoms with E-state index in [9.17, 15) is 14.4 Å². The van der Waals surface area contributed by atoms with Crippen molar-refractivity contribution in [3.8, 4) is 0 Å². The zero-order chi connectivity index (χ0) is 19.2. The Bertz CT molecular complexity index is 794. The predicted molar refractivity (Wildman–Crippen MR) is 107 cm³/mol. The third kappa shape index (κ3) is 5.40. The van der Waals surface area contributed by atoms with Crippen molar-refractivity contribution >= 4 is 40.4 Å². The average Bonchev–Trinajstić information content (AvgIpc) is 3.16. The number of piperidine rings is 1. The van der Waals surface area contributed by atoms with E-state index in [4.69, 9.17) is 0 Å². The number of carbonyl (C=O) groups excluding carboxylic acids is 3. The summed E-state index contributed by atoms with van der Waals surface area (Å²) < 4.78 is 0. The smallest absolute Gasteiger partial charge is 0.227 e. The van der Waals surface area contributed by atoms with E-state index < -0.39 is 0 Å². The van der Waals surface area contributed by atoms with Gasteiger partial charge in [0.2, 0.25) is 17.7 Å². The molecule has 1 aliphatic heterocycles. The van der Waals surface area contributed by atoms with Crippen molar-refractivity contribution in [2.24, 2.45) is 5.92 Å².